The lowest BCUT2D eigenvalue weighted by molar-refractivity contribution is 0.166. The predicted octanol–water partition coefficient (Wildman–Crippen LogP) is 2.56. The lowest BCUT2D eigenvalue weighted by Gasteiger charge is -2.05. The van der Waals surface area contributed by atoms with Gasteiger partial charge in [-0.2, -0.15) is 4.98 Å². The normalized spacial score (nSPS) is 22.6. The summed E-state index contributed by atoms with van der Waals surface area (Å²) >= 11 is 0. The second-order valence-electron chi connectivity index (χ2n) is 5.99. The number of aromatic nitrogens is 3. The Morgan fingerprint density at radius 3 is 3.00 bits per heavy atom. The third-order valence-corrected chi connectivity index (χ3v) is 4.27. The molecule has 2 aliphatic rings. The molecule has 1 atom stereocenters. The number of aryl methyl sites for hydroxylation is 1. The molecule has 5 nitrogen and oxygen atoms in total. The first kappa shape index (κ1) is 12.1. The second-order valence-corrected chi connectivity index (χ2v) is 5.99. The Kier molecular flexibility index (Phi) is 2.88. The van der Waals surface area contributed by atoms with Gasteiger partial charge in [0.15, 0.2) is 5.82 Å². The first-order chi connectivity index (χ1) is 9.79. The zero-order valence-corrected chi connectivity index (χ0v) is 11.5. The molecule has 106 valence electrons. The number of fused-ring (bicyclic) bond motifs is 1. The minimum Gasteiger partial charge on any atom is -0.388 e. The number of hydrogen-bond donors (Lipinski definition) is 1. The van der Waals surface area contributed by atoms with E-state index in [9.17, 15) is 5.11 Å². The van der Waals surface area contributed by atoms with Crippen LogP contribution in [-0.2, 0) is 13.0 Å². The molecule has 5 heteroatoms. The second kappa shape index (κ2) is 4.74. The summed E-state index contributed by atoms with van der Waals surface area (Å²) in [6, 6.07) is 0. The lowest BCUT2D eigenvalue weighted by atomic mass is 10.1. The van der Waals surface area contributed by atoms with Crippen LogP contribution < -0.4 is 0 Å². The van der Waals surface area contributed by atoms with Gasteiger partial charge >= 0.3 is 0 Å². The van der Waals surface area contributed by atoms with Crippen LogP contribution in [0.3, 0.4) is 0 Å². The van der Waals surface area contributed by atoms with Gasteiger partial charge in [-0.15, -0.1) is 0 Å². The third kappa shape index (κ3) is 2.26. The first-order valence-electron chi connectivity index (χ1n) is 7.48. The van der Waals surface area contributed by atoms with Crippen molar-refractivity contribution < 1.29 is 9.63 Å². The van der Waals surface area contributed by atoms with Crippen LogP contribution in [0.1, 0.15) is 67.0 Å². The first-order valence-corrected chi connectivity index (χ1v) is 7.48. The highest BCUT2D eigenvalue weighted by atomic mass is 16.5. The summed E-state index contributed by atoms with van der Waals surface area (Å²) in [6.45, 7) is 0.597. The van der Waals surface area contributed by atoms with Gasteiger partial charge in [0.25, 0.3) is 0 Å². The van der Waals surface area contributed by atoms with E-state index in [2.05, 4.69) is 20.9 Å². The SMILES string of the molecule is OC1CCCCc2cn(Cc3nc(C4CC4)no3)cc21. The van der Waals surface area contributed by atoms with Crippen molar-refractivity contribution in [1.29, 1.82) is 0 Å². The molecule has 1 fully saturated rings. The molecule has 1 unspecified atom stereocenters. The number of hydrogen-bond acceptors (Lipinski definition) is 4. The molecule has 4 rings (SSSR count). The Balaban J connectivity index is 1.54. The van der Waals surface area contributed by atoms with Crippen LogP contribution in [0.15, 0.2) is 16.9 Å². The van der Waals surface area contributed by atoms with E-state index in [-0.39, 0.29) is 6.10 Å². The number of aliphatic hydroxyl groups is 1. The Hall–Kier alpha value is -1.62. The maximum atomic E-state index is 10.1. The fourth-order valence-electron chi connectivity index (χ4n) is 2.98. The molecule has 2 aromatic heterocycles. The van der Waals surface area contributed by atoms with Gasteiger partial charge in [-0.3, -0.25) is 0 Å². The van der Waals surface area contributed by atoms with Crippen molar-refractivity contribution in [2.75, 3.05) is 0 Å². The van der Waals surface area contributed by atoms with Gasteiger partial charge in [0.2, 0.25) is 5.89 Å². The van der Waals surface area contributed by atoms with E-state index in [1.807, 2.05) is 6.20 Å². The van der Waals surface area contributed by atoms with Crippen LogP contribution in [0.5, 0.6) is 0 Å². The van der Waals surface area contributed by atoms with Crippen molar-refractivity contribution in [3.8, 4) is 0 Å². The summed E-state index contributed by atoms with van der Waals surface area (Å²) in [5, 5.41) is 14.2. The molecule has 2 aliphatic carbocycles. The monoisotopic (exact) mass is 273 g/mol. The number of aliphatic hydroxyl groups excluding tert-OH is 1. The fourth-order valence-corrected chi connectivity index (χ4v) is 2.98. The van der Waals surface area contributed by atoms with Crippen molar-refractivity contribution in [3.63, 3.8) is 0 Å². The van der Waals surface area contributed by atoms with E-state index in [4.69, 9.17) is 4.52 Å². The highest BCUT2D eigenvalue weighted by Gasteiger charge is 2.28. The minimum absolute atomic E-state index is 0.321. The number of rotatable bonds is 3. The molecule has 20 heavy (non-hydrogen) atoms. The Morgan fingerprint density at radius 2 is 2.15 bits per heavy atom. The molecule has 0 spiro atoms. The minimum atomic E-state index is -0.321. The lowest BCUT2D eigenvalue weighted by Crippen LogP contribution is -1.98. The van der Waals surface area contributed by atoms with Crippen LogP contribution in [0.2, 0.25) is 0 Å². The van der Waals surface area contributed by atoms with Gasteiger partial charge in [-0.05, 0) is 37.7 Å². The standard InChI is InChI=1S/C15H19N3O2/c19-13-4-2-1-3-11-7-18(8-12(11)13)9-14-16-15(17-20-14)10-5-6-10/h7-8,10,13,19H,1-6,9H2. The summed E-state index contributed by atoms with van der Waals surface area (Å²) in [6.07, 6.45) is 10.4. The van der Waals surface area contributed by atoms with Crippen molar-refractivity contribution >= 4 is 0 Å². The van der Waals surface area contributed by atoms with Crippen LogP contribution in [0, 0.1) is 0 Å². The van der Waals surface area contributed by atoms with Gasteiger partial charge in [-0.25, -0.2) is 0 Å². The van der Waals surface area contributed by atoms with Crippen LogP contribution in [-0.4, -0.2) is 19.8 Å². The van der Waals surface area contributed by atoms with E-state index >= 15 is 0 Å². The van der Waals surface area contributed by atoms with E-state index in [1.54, 1.807) is 0 Å². The Labute approximate surface area is 117 Å². The van der Waals surface area contributed by atoms with E-state index in [0.717, 1.165) is 37.1 Å². The molecule has 2 aromatic rings. The molecule has 0 amide bonds. The van der Waals surface area contributed by atoms with Crippen molar-refractivity contribution in [3.05, 3.63) is 35.2 Å². The van der Waals surface area contributed by atoms with Gasteiger partial charge in [0.05, 0.1) is 6.10 Å². The molecule has 1 N–H and O–H groups in total. The Bertz CT molecular complexity index is 612. The molecule has 0 radical (unpaired) electrons. The largest absolute Gasteiger partial charge is 0.388 e. The van der Waals surface area contributed by atoms with Crippen molar-refractivity contribution in [1.82, 2.24) is 14.7 Å². The van der Waals surface area contributed by atoms with Crippen LogP contribution in [0.25, 0.3) is 0 Å². The fraction of sp³-hybridized carbons (Fsp3) is 0.600. The summed E-state index contributed by atoms with van der Waals surface area (Å²) in [4.78, 5) is 4.45. The summed E-state index contributed by atoms with van der Waals surface area (Å²) < 4.78 is 7.37. The molecule has 0 aliphatic heterocycles. The molecule has 2 heterocycles. The summed E-state index contributed by atoms with van der Waals surface area (Å²) in [5.41, 5.74) is 2.33. The maximum absolute atomic E-state index is 10.1. The smallest absolute Gasteiger partial charge is 0.246 e. The van der Waals surface area contributed by atoms with Gasteiger partial charge < -0.3 is 14.2 Å². The quantitative estimate of drug-likeness (QED) is 0.873. The average Bonchev–Trinajstić information content (AvgIpc) is 3.10. The topological polar surface area (TPSA) is 64.1 Å². The van der Waals surface area contributed by atoms with Crippen molar-refractivity contribution in [2.24, 2.45) is 0 Å². The van der Waals surface area contributed by atoms with E-state index in [1.165, 1.54) is 18.4 Å². The molecule has 1 saturated carbocycles. The zero-order chi connectivity index (χ0) is 13.5. The predicted molar refractivity (Wildman–Crippen MR) is 72.3 cm³/mol. The molecule has 0 bridgehead atoms. The number of nitrogens with zero attached hydrogens (tertiary/aromatic N) is 3. The maximum Gasteiger partial charge on any atom is 0.246 e. The van der Waals surface area contributed by atoms with Crippen molar-refractivity contribution in [2.45, 2.75) is 57.1 Å². The van der Waals surface area contributed by atoms with E-state index < -0.39 is 0 Å². The van der Waals surface area contributed by atoms with Crippen LogP contribution >= 0.6 is 0 Å². The summed E-state index contributed by atoms with van der Waals surface area (Å²) in [5.74, 6) is 2.04. The molecule has 0 aromatic carbocycles. The highest BCUT2D eigenvalue weighted by molar-refractivity contribution is 5.28. The molecular weight excluding hydrogens is 254 g/mol. The Morgan fingerprint density at radius 1 is 1.25 bits per heavy atom. The van der Waals surface area contributed by atoms with Gasteiger partial charge in [0.1, 0.15) is 6.54 Å². The average molecular weight is 273 g/mol. The summed E-state index contributed by atoms with van der Waals surface area (Å²) in [7, 11) is 0. The third-order valence-electron chi connectivity index (χ3n) is 4.27. The van der Waals surface area contributed by atoms with E-state index in [0.29, 0.717) is 18.4 Å². The zero-order valence-electron chi connectivity index (χ0n) is 11.5. The van der Waals surface area contributed by atoms with Crippen LogP contribution in [0.4, 0.5) is 0 Å². The van der Waals surface area contributed by atoms with Gasteiger partial charge in [0, 0.05) is 23.9 Å². The highest BCUT2D eigenvalue weighted by Crippen LogP contribution is 2.38. The van der Waals surface area contributed by atoms with Gasteiger partial charge in [-0.1, -0.05) is 11.6 Å². The molecular formula is C15H19N3O2. The molecule has 0 saturated heterocycles.